The van der Waals surface area contributed by atoms with Gasteiger partial charge in [-0.05, 0) is 30.5 Å². The Morgan fingerprint density at radius 2 is 2.06 bits per heavy atom. The van der Waals surface area contributed by atoms with Gasteiger partial charge in [0, 0.05) is 12.1 Å². The molecule has 0 unspecified atom stereocenters. The molecule has 4 nitrogen and oxygen atoms in total. The molecular formula is C12H18N2O2S2. The van der Waals surface area contributed by atoms with Crippen LogP contribution in [0.3, 0.4) is 0 Å². The zero-order valence-electron chi connectivity index (χ0n) is 10.7. The maximum atomic E-state index is 12.1. The van der Waals surface area contributed by atoms with Crippen molar-refractivity contribution < 1.29 is 8.42 Å². The molecule has 3 N–H and O–H groups in total. The van der Waals surface area contributed by atoms with Crippen LogP contribution in [0.1, 0.15) is 25.0 Å². The summed E-state index contributed by atoms with van der Waals surface area (Å²) in [6.07, 6.45) is 0. The van der Waals surface area contributed by atoms with Crippen LogP contribution in [0.25, 0.3) is 0 Å². The Kier molecular flexibility index (Phi) is 4.84. The summed E-state index contributed by atoms with van der Waals surface area (Å²) in [4.78, 5) is 0.528. The second kappa shape index (κ2) is 5.77. The Labute approximate surface area is 114 Å². The number of hydrogen-bond acceptors (Lipinski definition) is 3. The predicted molar refractivity (Wildman–Crippen MR) is 77.1 cm³/mol. The van der Waals surface area contributed by atoms with E-state index in [1.807, 2.05) is 13.8 Å². The van der Waals surface area contributed by atoms with E-state index in [4.69, 9.17) is 18.0 Å². The van der Waals surface area contributed by atoms with Crippen LogP contribution in [0.15, 0.2) is 23.1 Å². The molecular weight excluding hydrogens is 268 g/mol. The number of nitrogens with one attached hydrogen (secondary N) is 1. The van der Waals surface area contributed by atoms with Crippen LogP contribution >= 0.6 is 12.2 Å². The zero-order valence-corrected chi connectivity index (χ0v) is 12.4. The van der Waals surface area contributed by atoms with E-state index >= 15 is 0 Å². The number of thiocarbonyl (C=S) groups is 1. The van der Waals surface area contributed by atoms with E-state index in [1.54, 1.807) is 19.1 Å². The Bertz CT molecular complexity index is 551. The average Bonchev–Trinajstić information content (AvgIpc) is 2.26. The summed E-state index contributed by atoms with van der Waals surface area (Å²) in [6.45, 7) is 6.04. The summed E-state index contributed by atoms with van der Waals surface area (Å²) in [7, 11) is -3.46. The van der Waals surface area contributed by atoms with E-state index in [0.717, 1.165) is 0 Å². The first-order chi connectivity index (χ1) is 8.24. The van der Waals surface area contributed by atoms with Gasteiger partial charge in [-0.15, -0.1) is 0 Å². The molecule has 6 heteroatoms. The molecule has 0 saturated carbocycles. The van der Waals surface area contributed by atoms with Gasteiger partial charge in [0.25, 0.3) is 0 Å². The van der Waals surface area contributed by atoms with Crippen molar-refractivity contribution in [2.75, 3.05) is 6.54 Å². The molecule has 1 rings (SSSR count). The Morgan fingerprint density at radius 1 is 1.44 bits per heavy atom. The molecule has 0 fully saturated rings. The molecule has 0 heterocycles. The van der Waals surface area contributed by atoms with Gasteiger partial charge in [0.1, 0.15) is 4.99 Å². The molecule has 1 aromatic rings. The molecule has 0 bridgehead atoms. The summed E-state index contributed by atoms with van der Waals surface area (Å²) in [5, 5.41) is 0. The van der Waals surface area contributed by atoms with Crippen LogP contribution in [0, 0.1) is 12.8 Å². The smallest absolute Gasteiger partial charge is 0.240 e. The van der Waals surface area contributed by atoms with Crippen molar-refractivity contribution >= 4 is 27.2 Å². The third kappa shape index (κ3) is 3.76. The molecule has 0 aliphatic heterocycles. The van der Waals surface area contributed by atoms with Crippen LogP contribution in [-0.2, 0) is 10.0 Å². The normalized spacial score (nSPS) is 11.8. The molecule has 0 aliphatic carbocycles. The minimum Gasteiger partial charge on any atom is -0.389 e. The molecule has 0 radical (unpaired) electrons. The van der Waals surface area contributed by atoms with Crippen molar-refractivity contribution in [3.05, 3.63) is 29.3 Å². The molecule has 100 valence electrons. The van der Waals surface area contributed by atoms with E-state index < -0.39 is 10.0 Å². The molecule has 0 aliphatic rings. The van der Waals surface area contributed by atoms with E-state index in [1.165, 1.54) is 6.07 Å². The first kappa shape index (κ1) is 15.1. The molecule has 0 aromatic heterocycles. The average molecular weight is 286 g/mol. The summed E-state index contributed by atoms with van der Waals surface area (Å²) >= 11 is 4.86. The molecule has 1 aromatic carbocycles. The largest absolute Gasteiger partial charge is 0.389 e. The highest BCUT2D eigenvalue weighted by Gasteiger charge is 2.17. The monoisotopic (exact) mass is 286 g/mol. The van der Waals surface area contributed by atoms with Crippen molar-refractivity contribution in [1.82, 2.24) is 4.72 Å². The Morgan fingerprint density at radius 3 is 2.50 bits per heavy atom. The van der Waals surface area contributed by atoms with Crippen LogP contribution < -0.4 is 10.5 Å². The fraction of sp³-hybridized carbons (Fsp3) is 0.417. The van der Waals surface area contributed by atoms with Gasteiger partial charge < -0.3 is 5.73 Å². The zero-order chi connectivity index (χ0) is 13.9. The third-order valence-corrected chi connectivity index (χ3v) is 4.25. The number of rotatable bonds is 5. The SMILES string of the molecule is Cc1cc(C(N)=S)ccc1S(=O)(=O)NCC(C)C. The van der Waals surface area contributed by atoms with Crippen LogP contribution in [0.2, 0.25) is 0 Å². The maximum Gasteiger partial charge on any atom is 0.240 e. The molecule has 18 heavy (non-hydrogen) atoms. The highest BCUT2D eigenvalue weighted by Crippen LogP contribution is 2.16. The molecule has 0 atom stereocenters. The molecule has 0 saturated heterocycles. The van der Waals surface area contributed by atoms with Crippen LogP contribution in [0.4, 0.5) is 0 Å². The van der Waals surface area contributed by atoms with Gasteiger partial charge in [0.15, 0.2) is 0 Å². The van der Waals surface area contributed by atoms with Crippen LogP contribution in [0.5, 0.6) is 0 Å². The Hall–Kier alpha value is -0.980. The minimum absolute atomic E-state index is 0.260. The number of aryl methyl sites for hydroxylation is 1. The van der Waals surface area contributed by atoms with Gasteiger partial charge in [0.05, 0.1) is 4.90 Å². The summed E-state index contributed by atoms with van der Waals surface area (Å²) in [5.41, 5.74) is 6.81. The lowest BCUT2D eigenvalue weighted by atomic mass is 10.1. The number of sulfonamides is 1. The van der Waals surface area contributed by atoms with E-state index in [2.05, 4.69) is 4.72 Å². The molecule has 0 amide bonds. The van der Waals surface area contributed by atoms with Gasteiger partial charge in [-0.3, -0.25) is 0 Å². The fourth-order valence-electron chi connectivity index (χ4n) is 1.46. The third-order valence-electron chi connectivity index (χ3n) is 2.43. The van der Waals surface area contributed by atoms with E-state index in [9.17, 15) is 8.42 Å². The quantitative estimate of drug-likeness (QED) is 0.806. The van der Waals surface area contributed by atoms with Crippen molar-refractivity contribution in [2.45, 2.75) is 25.7 Å². The van der Waals surface area contributed by atoms with Gasteiger partial charge in [-0.25, -0.2) is 13.1 Å². The van der Waals surface area contributed by atoms with Crippen molar-refractivity contribution in [3.63, 3.8) is 0 Å². The van der Waals surface area contributed by atoms with Gasteiger partial charge in [-0.2, -0.15) is 0 Å². The number of benzene rings is 1. The fourth-order valence-corrected chi connectivity index (χ4v) is 3.02. The highest BCUT2D eigenvalue weighted by atomic mass is 32.2. The lowest BCUT2D eigenvalue weighted by Crippen LogP contribution is -2.28. The van der Waals surface area contributed by atoms with Crippen molar-refractivity contribution in [3.8, 4) is 0 Å². The maximum absolute atomic E-state index is 12.1. The van der Waals surface area contributed by atoms with Crippen LogP contribution in [-0.4, -0.2) is 20.0 Å². The molecule has 0 spiro atoms. The van der Waals surface area contributed by atoms with Gasteiger partial charge in [0.2, 0.25) is 10.0 Å². The summed E-state index contributed by atoms with van der Waals surface area (Å²) in [6, 6.07) is 4.85. The summed E-state index contributed by atoms with van der Waals surface area (Å²) in [5.74, 6) is 0.260. The van der Waals surface area contributed by atoms with Crippen molar-refractivity contribution in [2.24, 2.45) is 11.7 Å². The summed E-state index contributed by atoms with van der Waals surface area (Å²) < 4.78 is 26.7. The minimum atomic E-state index is -3.46. The lowest BCUT2D eigenvalue weighted by molar-refractivity contribution is 0.559. The number of nitrogens with two attached hydrogens (primary N) is 1. The first-order valence-corrected chi connectivity index (χ1v) is 7.53. The first-order valence-electron chi connectivity index (χ1n) is 5.64. The highest BCUT2D eigenvalue weighted by molar-refractivity contribution is 7.89. The van der Waals surface area contributed by atoms with Crippen molar-refractivity contribution in [1.29, 1.82) is 0 Å². The van der Waals surface area contributed by atoms with E-state index in [0.29, 0.717) is 17.7 Å². The second-order valence-corrected chi connectivity index (χ2v) is 6.77. The second-order valence-electron chi connectivity index (χ2n) is 4.59. The van der Waals surface area contributed by atoms with E-state index in [-0.39, 0.29) is 15.8 Å². The topological polar surface area (TPSA) is 72.2 Å². The van der Waals surface area contributed by atoms with Gasteiger partial charge >= 0.3 is 0 Å². The lowest BCUT2D eigenvalue weighted by Gasteiger charge is -2.11. The standard InChI is InChI=1S/C12H18N2O2S2/c1-8(2)7-14-18(15,16)11-5-4-10(12(13)17)6-9(11)3/h4-6,8,14H,7H2,1-3H3,(H2,13,17). The number of hydrogen-bond donors (Lipinski definition) is 2. The predicted octanol–water partition coefficient (Wildman–Crippen LogP) is 1.56. The Balaban J connectivity index is 3.06. The van der Waals surface area contributed by atoms with Gasteiger partial charge in [-0.1, -0.05) is 32.1 Å².